The van der Waals surface area contributed by atoms with Crippen LogP contribution in [-0.4, -0.2) is 10.4 Å². The van der Waals surface area contributed by atoms with Crippen LogP contribution in [0.15, 0.2) is 48.5 Å². The number of halogens is 2. The quantitative estimate of drug-likeness (QED) is 0.731. The van der Waals surface area contributed by atoms with Gasteiger partial charge < -0.3 is 17.0 Å². The summed E-state index contributed by atoms with van der Waals surface area (Å²) in [7, 11) is 0. The van der Waals surface area contributed by atoms with Crippen LogP contribution in [0.25, 0.3) is 0 Å². The van der Waals surface area contributed by atoms with E-state index in [0.717, 1.165) is 35.9 Å². The Morgan fingerprint density at radius 1 is 0.957 bits per heavy atom. The Hall–Kier alpha value is -1.32. The zero-order valence-electron chi connectivity index (χ0n) is 12.9. The molecule has 2 aliphatic rings. The molecule has 1 aliphatic carbocycles. The molecule has 23 heavy (non-hydrogen) atoms. The number of nitrogens with two attached hydrogens (primary N) is 1. The Morgan fingerprint density at radius 3 is 2.35 bits per heavy atom. The minimum Gasteiger partial charge on any atom is -1.00 e. The van der Waals surface area contributed by atoms with Gasteiger partial charge in [0, 0.05) is 0 Å². The molecule has 1 spiro atoms. The van der Waals surface area contributed by atoms with Gasteiger partial charge in [-0.15, -0.1) is 0 Å². The second-order valence-electron chi connectivity index (χ2n) is 6.37. The van der Waals surface area contributed by atoms with Crippen molar-refractivity contribution < 1.29 is 21.6 Å². The molecule has 2 aromatic carbocycles. The summed E-state index contributed by atoms with van der Waals surface area (Å²) in [6.45, 7) is 0.799. The molecule has 0 radical (unpaired) electrons. The van der Waals surface area contributed by atoms with E-state index in [1.807, 2.05) is 18.2 Å². The van der Waals surface area contributed by atoms with Crippen LogP contribution in [-0.2, 0) is 12.0 Å². The highest BCUT2D eigenvalue weighted by Gasteiger charge is 2.48. The van der Waals surface area contributed by atoms with Crippen molar-refractivity contribution in [1.82, 2.24) is 0 Å². The molecule has 0 aromatic heterocycles. The predicted molar refractivity (Wildman–Crippen MR) is 90.9 cm³/mol. The molecule has 0 amide bonds. The minimum atomic E-state index is -0.00594. The van der Waals surface area contributed by atoms with Crippen molar-refractivity contribution >= 4 is 23.1 Å². The van der Waals surface area contributed by atoms with Gasteiger partial charge in [-0.2, -0.15) is 0 Å². The van der Waals surface area contributed by atoms with Gasteiger partial charge in [-0.1, -0.05) is 60.8 Å². The predicted octanol–water partition coefficient (Wildman–Crippen LogP) is 1.37. The van der Waals surface area contributed by atoms with Crippen LogP contribution in [0, 0.1) is 0 Å². The van der Waals surface area contributed by atoms with Crippen molar-refractivity contribution in [1.29, 1.82) is 0 Å². The van der Waals surface area contributed by atoms with Crippen molar-refractivity contribution in [3.8, 4) is 0 Å². The summed E-state index contributed by atoms with van der Waals surface area (Å²) >= 11 is 6.43. The lowest BCUT2D eigenvalue weighted by molar-refractivity contribution is -0.465. The molecule has 0 atom stereocenters. The molecule has 2 N–H and O–H groups in total. The lowest BCUT2D eigenvalue weighted by atomic mass is 9.73. The topological polar surface area (TPSA) is 29.0 Å². The Labute approximate surface area is 152 Å². The third-order valence-corrected chi connectivity index (χ3v) is 5.56. The van der Waals surface area contributed by atoms with E-state index in [1.165, 1.54) is 24.0 Å². The minimum absolute atomic E-state index is 0. The molecule has 0 saturated heterocycles. The number of para-hydroxylation sites is 1. The van der Waals surface area contributed by atoms with Crippen molar-refractivity contribution in [2.45, 2.75) is 37.6 Å². The molecular weight excluding hydrogens is 372 g/mol. The van der Waals surface area contributed by atoms with E-state index >= 15 is 0 Å². The van der Waals surface area contributed by atoms with Gasteiger partial charge in [0.25, 0.3) is 5.84 Å². The first-order valence-corrected chi connectivity index (χ1v) is 8.33. The van der Waals surface area contributed by atoms with Crippen molar-refractivity contribution in [3.05, 3.63) is 64.7 Å². The zero-order valence-corrected chi connectivity index (χ0v) is 15.3. The number of amidine groups is 1. The molecule has 0 bridgehead atoms. The van der Waals surface area contributed by atoms with Gasteiger partial charge in [0.2, 0.25) is 0 Å². The first kappa shape index (κ1) is 16.5. The highest BCUT2D eigenvalue weighted by atomic mass is 79.9. The molecule has 4 heteroatoms. The second-order valence-corrected chi connectivity index (χ2v) is 6.78. The third-order valence-electron chi connectivity index (χ3n) is 5.24. The fraction of sp³-hybridized carbons (Fsp3) is 0.316. The summed E-state index contributed by atoms with van der Waals surface area (Å²) in [6.07, 6.45) is 4.75. The SMILES string of the molecule is NC1=[N+](c2ccccc2Cl)Cc2ccccc2C12CCCC2.[Br-]. The van der Waals surface area contributed by atoms with Crippen LogP contribution >= 0.6 is 11.6 Å². The first-order chi connectivity index (χ1) is 10.7. The summed E-state index contributed by atoms with van der Waals surface area (Å²) < 4.78 is 2.22. The fourth-order valence-corrected chi connectivity index (χ4v) is 4.40. The lowest BCUT2D eigenvalue weighted by Gasteiger charge is -2.34. The number of nitrogens with zero attached hydrogens (tertiary/aromatic N) is 1. The molecule has 1 heterocycles. The van der Waals surface area contributed by atoms with Gasteiger partial charge in [-0.05, 0) is 36.1 Å². The summed E-state index contributed by atoms with van der Waals surface area (Å²) in [5.74, 6) is 0.969. The van der Waals surface area contributed by atoms with Gasteiger partial charge in [-0.25, -0.2) is 4.58 Å². The Kier molecular flexibility index (Phi) is 4.52. The monoisotopic (exact) mass is 390 g/mol. The fourth-order valence-electron chi connectivity index (χ4n) is 4.17. The first-order valence-electron chi connectivity index (χ1n) is 7.96. The van der Waals surface area contributed by atoms with Crippen LogP contribution in [0.1, 0.15) is 36.8 Å². The van der Waals surface area contributed by atoms with Gasteiger partial charge in [-0.3, -0.25) is 5.73 Å². The standard InChI is InChI=1S/C19H19ClN2.BrH/c20-16-9-3-4-10-17(16)22-13-14-7-1-2-8-15(14)19(18(22)21)11-5-6-12-19;/h1-4,7-10,21H,5-6,11-13H2;1H. The summed E-state index contributed by atoms with van der Waals surface area (Å²) in [5.41, 5.74) is 10.5. The molecule has 1 aliphatic heterocycles. The van der Waals surface area contributed by atoms with E-state index < -0.39 is 0 Å². The maximum atomic E-state index is 6.72. The molecule has 1 saturated carbocycles. The van der Waals surface area contributed by atoms with E-state index in [2.05, 4.69) is 34.9 Å². The highest BCUT2D eigenvalue weighted by molar-refractivity contribution is 6.32. The summed E-state index contributed by atoms with van der Waals surface area (Å²) in [4.78, 5) is 0. The van der Waals surface area contributed by atoms with Crippen LogP contribution in [0.3, 0.4) is 0 Å². The Bertz CT molecular complexity index is 763. The maximum absolute atomic E-state index is 6.72. The van der Waals surface area contributed by atoms with Crippen LogP contribution in [0.2, 0.25) is 5.02 Å². The largest absolute Gasteiger partial charge is 1.00 e. The van der Waals surface area contributed by atoms with E-state index in [1.54, 1.807) is 0 Å². The van der Waals surface area contributed by atoms with Crippen molar-refractivity contribution in [2.75, 3.05) is 0 Å². The number of hydrogen-bond acceptors (Lipinski definition) is 1. The van der Waals surface area contributed by atoms with E-state index in [4.69, 9.17) is 17.3 Å². The number of rotatable bonds is 1. The molecule has 2 nitrogen and oxygen atoms in total. The smallest absolute Gasteiger partial charge is 0.258 e. The normalized spacial score (nSPS) is 18.7. The number of fused-ring (bicyclic) bond motifs is 2. The molecule has 4 rings (SSSR count). The van der Waals surface area contributed by atoms with E-state index in [9.17, 15) is 0 Å². The zero-order chi connectivity index (χ0) is 15.2. The van der Waals surface area contributed by atoms with Gasteiger partial charge in [0.05, 0.1) is 10.4 Å². The van der Waals surface area contributed by atoms with Crippen LogP contribution in [0.4, 0.5) is 5.69 Å². The van der Waals surface area contributed by atoms with Gasteiger partial charge in [0.1, 0.15) is 12.2 Å². The highest BCUT2D eigenvalue weighted by Crippen LogP contribution is 2.46. The second kappa shape index (κ2) is 6.29. The molecule has 120 valence electrons. The maximum Gasteiger partial charge on any atom is 0.258 e. The van der Waals surface area contributed by atoms with Gasteiger partial charge in [0.15, 0.2) is 0 Å². The van der Waals surface area contributed by atoms with E-state index in [-0.39, 0.29) is 22.4 Å². The van der Waals surface area contributed by atoms with Gasteiger partial charge >= 0.3 is 0 Å². The van der Waals surface area contributed by atoms with Crippen molar-refractivity contribution in [2.24, 2.45) is 5.73 Å². The molecule has 1 fully saturated rings. The Morgan fingerprint density at radius 2 is 1.61 bits per heavy atom. The summed E-state index contributed by atoms with van der Waals surface area (Å²) in [6, 6.07) is 16.7. The average molecular weight is 392 g/mol. The summed E-state index contributed by atoms with van der Waals surface area (Å²) in [5, 5.41) is 0.762. The molecular formula is C19H20BrClN2. The average Bonchev–Trinajstić information content (AvgIpc) is 3.03. The van der Waals surface area contributed by atoms with Crippen LogP contribution in [0.5, 0.6) is 0 Å². The third kappa shape index (κ3) is 2.50. The lowest BCUT2D eigenvalue weighted by Crippen LogP contribution is -3.00. The molecule has 0 unspecified atom stereocenters. The van der Waals surface area contributed by atoms with Crippen molar-refractivity contribution in [3.63, 3.8) is 0 Å². The van der Waals surface area contributed by atoms with Crippen LogP contribution < -0.4 is 22.7 Å². The Balaban J connectivity index is 0.00000156. The number of hydrogen-bond donors (Lipinski definition) is 1. The number of benzene rings is 2. The molecule has 2 aromatic rings. The van der Waals surface area contributed by atoms with E-state index in [0.29, 0.717) is 0 Å².